The maximum absolute atomic E-state index is 13.1. The van der Waals surface area contributed by atoms with E-state index in [2.05, 4.69) is 4.90 Å². The molecule has 0 aliphatic carbocycles. The third kappa shape index (κ3) is 3.28. The van der Waals surface area contributed by atoms with Gasteiger partial charge in [0.05, 0.1) is 5.56 Å². The van der Waals surface area contributed by atoms with Gasteiger partial charge < -0.3 is 5.73 Å². The van der Waals surface area contributed by atoms with Crippen molar-refractivity contribution in [3.8, 4) is 0 Å². The molecule has 0 bridgehead atoms. The van der Waals surface area contributed by atoms with E-state index in [1.807, 2.05) is 0 Å². The van der Waals surface area contributed by atoms with Crippen molar-refractivity contribution in [3.63, 3.8) is 0 Å². The zero-order valence-electron chi connectivity index (χ0n) is 10.8. The summed E-state index contributed by atoms with van der Waals surface area (Å²) in [6, 6.07) is 5.74. The first-order chi connectivity index (χ1) is 9.04. The summed E-state index contributed by atoms with van der Waals surface area (Å²) in [6.07, 6.45) is -1.52. The molecule has 1 aliphatic rings. The van der Waals surface area contributed by atoms with Crippen molar-refractivity contribution in [2.75, 3.05) is 19.6 Å². The highest BCUT2D eigenvalue weighted by atomic mass is 19.4. The van der Waals surface area contributed by atoms with Crippen molar-refractivity contribution in [2.24, 2.45) is 5.73 Å². The first kappa shape index (κ1) is 14.3. The molecule has 0 spiro atoms. The summed E-state index contributed by atoms with van der Waals surface area (Å²) in [6.45, 7) is 1.95. The Labute approximate surface area is 111 Å². The predicted molar refractivity (Wildman–Crippen MR) is 68.7 cm³/mol. The van der Waals surface area contributed by atoms with Crippen LogP contribution in [0.3, 0.4) is 0 Å². The summed E-state index contributed by atoms with van der Waals surface area (Å²) in [5, 5.41) is 0. The number of rotatable bonds is 3. The second kappa shape index (κ2) is 5.92. The third-order valence-corrected chi connectivity index (χ3v) is 3.66. The molecule has 1 atom stereocenters. The number of benzene rings is 1. The SMILES string of the molecule is NCCN1CCCCC1c1ccccc1C(F)(F)F. The topological polar surface area (TPSA) is 29.3 Å². The lowest BCUT2D eigenvalue weighted by Crippen LogP contribution is -2.37. The van der Waals surface area contributed by atoms with E-state index in [1.165, 1.54) is 12.1 Å². The molecule has 2 rings (SSSR count). The highest BCUT2D eigenvalue weighted by Gasteiger charge is 2.36. The highest BCUT2D eigenvalue weighted by molar-refractivity contribution is 5.32. The van der Waals surface area contributed by atoms with Crippen LogP contribution in [0.4, 0.5) is 13.2 Å². The molecule has 1 aromatic rings. The molecule has 1 heterocycles. The number of nitrogens with zero attached hydrogens (tertiary/aromatic N) is 1. The molecule has 1 saturated heterocycles. The first-order valence-corrected chi connectivity index (χ1v) is 6.64. The van der Waals surface area contributed by atoms with Gasteiger partial charge in [0, 0.05) is 19.1 Å². The number of alkyl halides is 3. The molecule has 0 amide bonds. The number of halogens is 3. The van der Waals surface area contributed by atoms with E-state index in [-0.39, 0.29) is 6.04 Å². The largest absolute Gasteiger partial charge is 0.416 e. The van der Waals surface area contributed by atoms with Gasteiger partial charge >= 0.3 is 6.18 Å². The maximum atomic E-state index is 13.1. The molecule has 19 heavy (non-hydrogen) atoms. The van der Waals surface area contributed by atoms with E-state index < -0.39 is 11.7 Å². The zero-order valence-corrected chi connectivity index (χ0v) is 10.8. The Morgan fingerprint density at radius 3 is 2.63 bits per heavy atom. The standard InChI is InChI=1S/C14H19F3N2/c15-14(16,17)12-6-2-1-5-11(12)13-7-3-4-9-19(13)10-8-18/h1-2,5-6,13H,3-4,7-10,18H2. The van der Waals surface area contributed by atoms with Gasteiger partial charge in [-0.25, -0.2) is 0 Å². The van der Waals surface area contributed by atoms with Crippen molar-refractivity contribution in [1.29, 1.82) is 0 Å². The van der Waals surface area contributed by atoms with Crippen molar-refractivity contribution in [3.05, 3.63) is 35.4 Å². The summed E-state index contributed by atoms with van der Waals surface area (Å²) >= 11 is 0. The fraction of sp³-hybridized carbons (Fsp3) is 0.571. The van der Waals surface area contributed by atoms with E-state index in [0.29, 0.717) is 18.7 Å². The van der Waals surface area contributed by atoms with Gasteiger partial charge in [-0.1, -0.05) is 24.6 Å². The second-order valence-corrected chi connectivity index (χ2v) is 4.92. The van der Waals surface area contributed by atoms with Crippen molar-refractivity contribution < 1.29 is 13.2 Å². The van der Waals surface area contributed by atoms with Crippen LogP contribution in [-0.4, -0.2) is 24.5 Å². The van der Waals surface area contributed by atoms with Crippen LogP contribution in [0.1, 0.15) is 36.4 Å². The number of hydrogen-bond donors (Lipinski definition) is 1. The Morgan fingerprint density at radius 1 is 1.21 bits per heavy atom. The van der Waals surface area contributed by atoms with Gasteiger partial charge in [0.15, 0.2) is 0 Å². The average molecular weight is 272 g/mol. The van der Waals surface area contributed by atoms with Crippen LogP contribution in [-0.2, 0) is 6.18 Å². The lowest BCUT2D eigenvalue weighted by Gasteiger charge is -2.36. The number of likely N-dealkylation sites (tertiary alicyclic amines) is 1. The lowest BCUT2D eigenvalue weighted by molar-refractivity contribution is -0.139. The van der Waals surface area contributed by atoms with Crippen LogP contribution in [0.2, 0.25) is 0 Å². The van der Waals surface area contributed by atoms with Crippen LogP contribution < -0.4 is 5.73 Å². The zero-order chi connectivity index (χ0) is 13.9. The van der Waals surface area contributed by atoms with Gasteiger partial charge in [-0.3, -0.25) is 4.90 Å². The minimum absolute atomic E-state index is 0.157. The van der Waals surface area contributed by atoms with Crippen molar-refractivity contribution in [2.45, 2.75) is 31.5 Å². The first-order valence-electron chi connectivity index (χ1n) is 6.64. The van der Waals surface area contributed by atoms with Gasteiger partial charge in [0.2, 0.25) is 0 Å². The van der Waals surface area contributed by atoms with Gasteiger partial charge in [-0.2, -0.15) is 13.2 Å². The lowest BCUT2D eigenvalue weighted by atomic mass is 9.91. The normalized spacial score (nSPS) is 21.6. The summed E-state index contributed by atoms with van der Waals surface area (Å²) < 4.78 is 39.2. The summed E-state index contributed by atoms with van der Waals surface area (Å²) in [4.78, 5) is 2.08. The molecule has 0 aromatic heterocycles. The Morgan fingerprint density at radius 2 is 1.95 bits per heavy atom. The highest BCUT2D eigenvalue weighted by Crippen LogP contribution is 2.39. The monoisotopic (exact) mass is 272 g/mol. The molecule has 1 fully saturated rings. The molecule has 5 heteroatoms. The second-order valence-electron chi connectivity index (χ2n) is 4.92. The van der Waals surface area contributed by atoms with Gasteiger partial charge in [-0.05, 0) is 31.0 Å². The number of nitrogens with two attached hydrogens (primary N) is 1. The number of hydrogen-bond acceptors (Lipinski definition) is 2. The average Bonchev–Trinajstić information content (AvgIpc) is 2.39. The molecule has 2 N–H and O–H groups in total. The molecule has 1 aliphatic heterocycles. The Kier molecular flexibility index (Phi) is 4.47. The molecule has 0 saturated carbocycles. The van der Waals surface area contributed by atoms with Crippen LogP contribution in [0, 0.1) is 0 Å². The third-order valence-electron chi connectivity index (χ3n) is 3.66. The van der Waals surface area contributed by atoms with Crippen LogP contribution >= 0.6 is 0 Å². The Balaban J connectivity index is 2.33. The van der Waals surface area contributed by atoms with Gasteiger partial charge in [0.25, 0.3) is 0 Å². The summed E-state index contributed by atoms with van der Waals surface area (Å²) in [5.74, 6) is 0. The summed E-state index contributed by atoms with van der Waals surface area (Å²) in [7, 11) is 0. The minimum Gasteiger partial charge on any atom is -0.329 e. The van der Waals surface area contributed by atoms with E-state index in [1.54, 1.807) is 12.1 Å². The Bertz CT molecular complexity index is 415. The van der Waals surface area contributed by atoms with E-state index >= 15 is 0 Å². The van der Waals surface area contributed by atoms with E-state index in [4.69, 9.17) is 5.73 Å². The predicted octanol–water partition coefficient (Wildman–Crippen LogP) is 3.19. The smallest absolute Gasteiger partial charge is 0.329 e. The van der Waals surface area contributed by atoms with E-state index in [0.717, 1.165) is 25.8 Å². The summed E-state index contributed by atoms with van der Waals surface area (Å²) in [5.41, 5.74) is 5.44. The van der Waals surface area contributed by atoms with Crippen LogP contribution in [0.15, 0.2) is 24.3 Å². The minimum atomic E-state index is -4.29. The Hall–Kier alpha value is -1.07. The van der Waals surface area contributed by atoms with Gasteiger partial charge in [-0.15, -0.1) is 0 Å². The fourth-order valence-electron chi connectivity index (χ4n) is 2.82. The molecular weight excluding hydrogens is 253 g/mol. The fourth-order valence-corrected chi connectivity index (χ4v) is 2.82. The quantitative estimate of drug-likeness (QED) is 0.915. The maximum Gasteiger partial charge on any atom is 0.416 e. The van der Waals surface area contributed by atoms with Gasteiger partial charge in [0.1, 0.15) is 0 Å². The molecule has 2 nitrogen and oxygen atoms in total. The molecule has 1 aromatic carbocycles. The van der Waals surface area contributed by atoms with Crippen LogP contribution in [0.5, 0.6) is 0 Å². The van der Waals surface area contributed by atoms with E-state index in [9.17, 15) is 13.2 Å². The molecule has 106 valence electrons. The van der Waals surface area contributed by atoms with Crippen molar-refractivity contribution >= 4 is 0 Å². The molecular formula is C14H19F3N2. The molecule has 1 unspecified atom stereocenters. The molecule has 0 radical (unpaired) electrons. The van der Waals surface area contributed by atoms with Crippen LogP contribution in [0.25, 0.3) is 0 Å². The number of piperidine rings is 1. The van der Waals surface area contributed by atoms with Crippen molar-refractivity contribution in [1.82, 2.24) is 4.90 Å².